The van der Waals surface area contributed by atoms with E-state index in [9.17, 15) is 9.59 Å². The van der Waals surface area contributed by atoms with Gasteiger partial charge in [0.1, 0.15) is 4.83 Å². The Balaban J connectivity index is 1.58. The Bertz CT molecular complexity index is 1220. The highest BCUT2D eigenvalue weighted by Gasteiger charge is 2.16. The maximum Gasteiger partial charge on any atom is 0.262 e. The summed E-state index contributed by atoms with van der Waals surface area (Å²) in [7, 11) is 3.45. The van der Waals surface area contributed by atoms with E-state index in [1.165, 1.54) is 27.7 Å². The number of fused-ring (bicyclic) bond motifs is 1. The van der Waals surface area contributed by atoms with Crippen LogP contribution in [-0.2, 0) is 11.8 Å². The van der Waals surface area contributed by atoms with Crippen molar-refractivity contribution in [2.75, 3.05) is 17.7 Å². The molecule has 1 amide bonds. The first-order valence-corrected chi connectivity index (χ1v) is 10.8. The molecule has 7 heteroatoms. The average molecular weight is 422 g/mol. The Labute approximate surface area is 176 Å². The first kappa shape index (κ1) is 19.4. The number of hydrogen-bond donors (Lipinski definition) is 0. The standard InChI is InChI=1S/C22H19N3O2S2/c1-24(16-11-7-4-8-12-16)19(26)14-28-22-23-20-17(21(27)25(22)2)13-18(29-20)15-9-5-3-6-10-15/h3-13H,14H2,1-2H3. The SMILES string of the molecule is CN(C(=O)CSc1nc2sc(-c3ccccc3)cc2c(=O)n1C)c1ccccc1. The third kappa shape index (κ3) is 3.97. The van der Waals surface area contributed by atoms with Crippen molar-refractivity contribution in [1.29, 1.82) is 0 Å². The van der Waals surface area contributed by atoms with Crippen molar-refractivity contribution in [1.82, 2.24) is 9.55 Å². The lowest BCUT2D eigenvalue weighted by molar-refractivity contribution is -0.115. The highest BCUT2D eigenvalue weighted by atomic mass is 32.2. The first-order valence-electron chi connectivity index (χ1n) is 9.05. The summed E-state index contributed by atoms with van der Waals surface area (Å²) in [6.07, 6.45) is 0. The third-order valence-electron chi connectivity index (χ3n) is 4.63. The number of thioether (sulfide) groups is 1. The Kier molecular flexibility index (Phi) is 5.51. The second-order valence-corrected chi connectivity index (χ2v) is 8.50. The maximum absolute atomic E-state index is 12.8. The van der Waals surface area contributed by atoms with Crippen molar-refractivity contribution in [2.24, 2.45) is 7.05 Å². The van der Waals surface area contributed by atoms with Crippen LogP contribution in [0.4, 0.5) is 5.69 Å². The fraction of sp³-hybridized carbons (Fsp3) is 0.136. The van der Waals surface area contributed by atoms with Gasteiger partial charge in [-0.25, -0.2) is 4.98 Å². The van der Waals surface area contributed by atoms with Gasteiger partial charge in [0, 0.05) is 24.7 Å². The number of benzene rings is 2. The zero-order chi connectivity index (χ0) is 20.4. The van der Waals surface area contributed by atoms with E-state index in [4.69, 9.17) is 0 Å². The van der Waals surface area contributed by atoms with E-state index in [0.29, 0.717) is 15.4 Å². The summed E-state index contributed by atoms with van der Waals surface area (Å²) in [5, 5.41) is 1.15. The number of hydrogen-bond acceptors (Lipinski definition) is 5. The molecule has 0 unspecified atom stereocenters. The Morgan fingerprint density at radius 3 is 2.45 bits per heavy atom. The molecule has 29 heavy (non-hydrogen) atoms. The number of para-hydroxylation sites is 1. The maximum atomic E-state index is 12.8. The van der Waals surface area contributed by atoms with Gasteiger partial charge in [0.15, 0.2) is 5.16 Å². The van der Waals surface area contributed by atoms with Crippen LogP contribution in [0.5, 0.6) is 0 Å². The molecule has 146 valence electrons. The number of carbonyl (C=O) groups excluding carboxylic acids is 1. The van der Waals surface area contributed by atoms with Gasteiger partial charge in [0.2, 0.25) is 5.91 Å². The van der Waals surface area contributed by atoms with Crippen LogP contribution in [0.1, 0.15) is 0 Å². The second kappa shape index (κ2) is 8.23. The molecule has 2 aromatic heterocycles. The Hall–Kier alpha value is -2.90. The van der Waals surface area contributed by atoms with E-state index in [1.807, 2.05) is 66.7 Å². The van der Waals surface area contributed by atoms with Gasteiger partial charge < -0.3 is 4.90 Å². The summed E-state index contributed by atoms with van der Waals surface area (Å²) in [5.41, 5.74) is 1.80. The van der Waals surface area contributed by atoms with E-state index < -0.39 is 0 Å². The van der Waals surface area contributed by atoms with E-state index in [0.717, 1.165) is 16.1 Å². The summed E-state index contributed by atoms with van der Waals surface area (Å²) in [6, 6.07) is 21.3. The number of rotatable bonds is 5. The van der Waals surface area contributed by atoms with Crippen LogP contribution in [0.3, 0.4) is 0 Å². The minimum absolute atomic E-state index is 0.0494. The summed E-state index contributed by atoms with van der Waals surface area (Å²) in [4.78, 5) is 33.3. The third-order valence-corrected chi connectivity index (χ3v) is 6.72. The lowest BCUT2D eigenvalue weighted by Crippen LogP contribution is -2.28. The lowest BCUT2D eigenvalue weighted by atomic mass is 10.2. The van der Waals surface area contributed by atoms with Crippen LogP contribution in [0, 0.1) is 0 Å². The molecule has 2 heterocycles. The van der Waals surface area contributed by atoms with Gasteiger partial charge in [-0.2, -0.15) is 0 Å². The molecular weight excluding hydrogens is 402 g/mol. The Morgan fingerprint density at radius 2 is 1.76 bits per heavy atom. The van der Waals surface area contributed by atoms with Crippen LogP contribution < -0.4 is 10.5 Å². The van der Waals surface area contributed by atoms with Gasteiger partial charge in [-0.05, 0) is 23.8 Å². The van der Waals surface area contributed by atoms with Gasteiger partial charge >= 0.3 is 0 Å². The van der Waals surface area contributed by atoms with Crippen molar-refractivity contribution >= 4 is 44.9 Å². The molecule has 0 saturated carbocycles. The van der Waals surface area contributed by atoms with E-state index in [-0.39, 0.29) is 17.2 Å². The molecule has 0 fully saturated rings. The van der Waals surface area contributed by atoms with Crippen molar-refractivity contribution in [3.05, 3.63) is 77.1 Å². The minimum Gasteiger partial charge on any atom is -0.315 e. The molecule has 0 bridgehead atoms. The fourth-order valence-corrected chi connectivity index (χ4v) is 4.90. The lowest BCUT2D eigenvalue weighted by Gasteiger charge is -2.17. The quantitative estimate of drug-likeness (QED) is 0.354. The van der Waals surface area contributed by atoms with Crippen LogP contribution in [0.25, 0.3) is 20.7 Å². The molecule has 0 saturated heterocycles. The monoisotopic (exact) mass is 421 g/mol. The zero-order valence-corrected chi connectivity index (χ0v) is 17.7. The van der Waals surface area contributed by atoms with Crippen LogP contribution in [-0.4, -0.2) is 28.3 Å². The fourth-order valence-electron chi connectivity index (χ4n) is 2.94. The molecule has 2 aromatic carbocycles. The highest BCUT2D eigenvalue weighted by Crippen LogP contribution is 2.32. The molecule has 5 nitrogen and oxygen atoms in total. The van der Waals surface area contributed by atoms with Crippen molar-refractivity contribution in [2.45, 2.75) is 5.16 Å². The average Bonchev–Trinajstić information content (AvgIpc) is 3.20. The predicted molar refractivity (Wildman–Crippen MR) is 121 cm³/mol. The van der Waals surface area contributed by atoms with Gasteiger partial charge in [-0.3, -0.25) is 14.2 Å². The molecule has 0 atom stereocenters. The van der Waals surface area contributed by atoms with Gasteiger partial charge in [-0.1, -0.05) is 60.3 Å². The molecule has 0 N–H and O–H groups in total. The van der Waals surface area contributed by atoms with Crippen LogP contribution >= 0.6 is 23.1 Å². The van der Waals surface area contributed by atoms with E-state index >= 15 is 0 Å². The predicted octanol–water partition coefficient (Wildman–Crippen LogP) is 4.42. The molecule has 0 spiro atoms. The molecule has 4 aromatic rings. The molecule has 0 aliphatic rings. The number of anilines is 1. The molecule has 4 rings (SSSR count). The topological polar surface area (TPSA) is 55.2 Å². The van der Waals surface area contributed by atoms with Crippen molar-refractivity contribution < 1.29 is 4.79 Å². The minimum atomic E-state index is -0.0974. The normalized spacial score (nSPS) is 11.0. The largest absolute Gasteiger partial charge is 0.315 e. The summed E-state index contributed by atoms with van der Waals surface area (Å²) >= 11 is 2.77. The van der Waals surface area contributed by atoms with Gasteiger partial charge in [-0.15, -0.1) is 11.3 Å². The van der Waals surface area contributed by atoms with Gasteiger partial charge in [0.05, 0.1) is 11.1 Å². The summed E-state index contributed by atoms with van der Waals surface area (Å²) < 4.78 is 1.52. The molecule has 0 aliphatic carbocycles. The Morgan fingerprint density at radius 1 is 1.10 bits per heavy atom. The van der Waals surface area contributed by atoms with Crippen molar-refractivity contribution in [3.63, 3.8) is 0 Å². The first-order chi connectivity index (χ1) is 14.0. The molecule has 0 aliphatic heterocycles. The van der Waals surface area contributed by atoms with E-state index in [1.54, 1.807) is 19.0 Å². The molecular formula is C22H19N3O2S2. The van der Waals surface area contributed by atoms with Crippen LogP contribution in [0.15, 0.2) is 76.7 Å². The van der Waals surface area contributed by atoms with E-state index in [2.05, 4.69) is 4.98 Å². The number of amides is 1. The number of thiophene rings is 1. The number of nitrogens with zero attached hydrogens (tertiary/aromatic N) is 3. The summed E-state index contributed by atoms with van der Waals surface area (Å²) in [5.74, 6) is 0.153. The smallest absolute Gasteiger partial charge is 0.262 e. The van der Waals surface area contributed by atoms with Gasteiger partial charge in [0.25, 0.3) is 5.56 Å². The number of aromatic nitrogens is 2. The van der Waals surface area contributed by atoms with Crippen molar-refractivity contribution in [3.8, 4) is 10.4 Å². The highest BCUT2D eigenvalue weighted by molar-refractivity contribution is 7.99. The number of carbonyl (C=O) groups is 1. The molecule has 0 radical (unpaired) electrons. The zero-order valence-electron chi connectivity index (χ0n) is 16.0. The van der Waals surface area contributed by atoms with Crippen LogP contribution in [0.2, 0.25) is 0 Å². The summed E-state index contributed by atoms with van der Waals surface area (Å²) in [6.45, 7) is 0. The second-order valence-electron chi connectivity index (χ2n) is 6.53.